The van der Waals surface area contributed by atoms with Crippen molar-refractivity contribution >= 4 is 17.4 Å². The average Bonchev–Trinajstić information content (AvgIpc) is 2.36. The molecule has 2 rings (SSSR count). The first-order chi connectivity index (χ1) is 9.08. The number of nitrogens with two attached hydrogens (primary N) is 1. The summed E-state index contributed by atoms with van der Waals surface area (Å²) in [5.74, 6) is 1.73. The molecule has 0 amide bonds. The van der Waals surface area contributed by atoms with Gasteiger partial charge < -0.3 is 10.5 Å². The molecule has 0 bridgehead atoms. The fraction of sp³-hybridized carbons (Fsp3) is 0.250. The molecule has 2 N–H and O–H groups in total. The van der Waals surface area contributed by atoms with Crippen LogP contribution in [0.2, 0.25) is 0 Å². The highest BCUT2D eigenvalue weighted by molar-refractivity contribution is 7.98. The molecule has 0 heterocycles. The summed E-state index contributed by atoms with van der Waals surface area (Å²) >= 11 is 1.76. The van der Waals surface area contributed by atoms with Gasteiger partial charge in [0.2, 0.25) is 0 Å². The molecule has 2 nitrogen and oxygen atoms in total. The number of hydrogen-bond acceptors (Lipinski definition) is 3. The van der Waals surface area contributed by atoms with Gasteiger partial charge in [0.1, 0.15) is 5.75 Å². The van der Waals surface area contributed by atoms with Crippen molar-refractivity contribution in [1.29, 1.82) is 0 Å². The predicted molar refractivity (Wildman–Crippen MR) is 82.9 cm³/mol. The van der Waals surface area contributed by atoms with Crippen molar-refractivity contribution < 1.29 is 4.74 Å². The number of rotatable bonds is 4. The minimum atomic E-state index is 0.772. The van der Waals surface area contributed by atoms with Gasteiger partial charge in [-0.1, -0.05) is 29.3 Å². The van der Waals surface area contributed by atoms with Gasteiger partial charge in [-0.25, -0.2) is 0 Å². The first kappa shape index (κ1) is 13.8. The maximum absolute atomic E-state index is 6.02. The van der Waals surface area contributed by atoms with Gasteiger partial charge in [0.25, 0.3) is 0 Å². The Balaban J connectivity index is 2.10. The molecule has 2 aromatic rings. The van der Waals surface area contributed by atoms with Gasteiger partial charge in [-0.15, -0.1) is 11.8 Å². The van der Waals surface area contributed by atoms with Gasteiger partial charge in [-0.3, -0.25) is 0 Å². The smallest absolute Gasteiger partial charge is 0.120 e. The van der Waals surface area contributed by atoms with Crippen molar-refractivity contribution in [1.82, 2.24) is 0 Å². The Morgan fingerprint density at radius 2 is 1.74 bits per heavy atom. The van der Waals surface area contributed by atoms with Gasteiger partial charge >= 0.3 is 0 Å². The normalized spacial score (nSPS) is 10.5. The number of aryl methyl sites for hydroxylation is 2. The van der Waals surface area contributed by atoms with Crippen molar-refractivity contribution in [2.24, 2.45) is 0 Å². The van der Waals surface area contributed by atoms with E-state index in [-0.39, 0.29) is 0 Å². The van der Waals surface area contributed by atoms with Crippen molar-refractivity contribution in [2.45, 2.75) is 24.5 Å². The Kier molecular flexibility index (Phi) is 4.38. The Morgan fingerprint density at radius 1 is 1.05 bits per heavy atom. The van der Waals surface area contributed by atoms with E-state index >= 15 is 0 Å². The van der Waals surface area contributed by atoms with Crippen LogP contribution in [-0.4, -0.2) is 7.11 Å². The molecule has 2 aromatic carbocycles. The molecule has 0 aliphatic rings. The van der Waals surface area contributed by atoms with E-state index in [1.165, 1.54) is 16.7 Å². The molecule has 0 spiro atoms. The lowest BCUT2D eigenvalue weighted by molar-refractivity contribution is 0.415. The molecule has 19 heavy (non-hydrogen) atoms. The van der Waals surface area contributed by atoms with Crippen LogP contribution in [0.5, 0.6) is 5.75 Å². The quantitative estimate of drug-likeness (QED) is 0.670. The number of thioether (sulfide) groups is 1. The van der Waals surface area contributed by atoms with E-state index in [0.717, 1.165) is 22.1 Å². The zero-order valence-electron chi connectivity index (χ0n) is 11.6. The van der Waals surface area contributed by atoms with Crippen LogP contribution in [0.3, 0.4) is 0 Å². The molecule has 100 valence electrons. The summed E-state index contributed by atoms with van der Waals surface area (Å²) in [6, 6.07) is 12.5. The van der Waals surface area contributed by atoms with E-state index in [2.05, 4.69) is 32.0 Å². The summed E-state index contributed by atoms with van der Waals surface area (Å²) in [6.45, 7) is 4.26. The third-order valence-electron chi connectivity index (χ3n) is 2.89. The Labute approximate surface area is 119 Å². The SMILES string of the molecule is COc1ccc(SCc2cc(C)cc(C)c2)c(N)c1. The molecule has 0 aliphatic heterocycles. The maximum atomic E-state index is 6.02. The fourth-order valence-electron chi connectivity index (χ4n) is 2.10. The van der Waals surface area contributed by atoms with Gasteiger partial charge in [0.05, 0.1) is 7.11 Å². The van der Waals surface area contributed by atoms with E-state index in [9.17, 15) is 0 Å². The van der Waals surface area contributed by atoms with Gasteiger partial charge in [0.15, 0.2) is 0 Å². The van der Waals surface area contributed by atoms with E-state index in [1.807, 2.05) is 18.2 Å². The molecule has 0 radical (unpaired) electrons. The van der Waals surface area contributed by atoms with Crippen LogP contribution in [0.1, 0.15) is 16.7 Å². The highest BCUT2D eigenvalue weighted by Crippen LogP contribution is 2.31. The average molecular weight is 273 g/mol. The third-order valence-corrected chi connectivity index (χ3v) is 4.05. The zero-order chi connectivity index (χ0) is 13.8. The van der Waals surface area contributed by atoms with Crippen molar-refractivity contribution in [3.05, 3.63) is 53.1 Å². The number of benzene rings is 2. The first-order valence-electron chi connectivity index (χ1n) is 6.22. The Morgan fingerprint density at radius 3 is 2.32 bits per heavy atom. The van der Waals surface area contributed by atoms with Crippen molar-refractivity contribution in [2.75, 3.05) is 12.8 Å². The second-order valence-electron chi connectivity index (χ2n) is 4.69. The largest absolute Gasteiger partial charge is 0.497 e. The number of methoxy groups -OCH3 is 1. The zero-order valence-corrected chi connectivity index (χ0v) is 12.4. The minimum Gasteiger partial charge on any atom is -0.497 e. The van der Waals surface area contributed by atoms with Crippen LogP contribution in [0.4, 0.5) is 5.69 Å². The van der Waals surface area contributed by atoms with Crippen LogP contribution >= 0.6 is 11.8 Å². The predicted octanol–water partition coefficient (Wildman–Crippen LogP) is 4.19. The topological polar surface area (TPSA) is 35.2 Å². The third kappa shape index (κ3) is 3.67. The van der Waals surface area contributed by atoms with Crippen LogP contribution in [0.15, 0.2) is 41.3 Å². The van der Waals surface area contributed by atoms with E-state index in [1.54, 1.807) is 18.9 Å². The van der Waals surface area contributed by atoms with Crippen LogP contribution < -0.4 is 10.5 Å². The van der Waals surface area contributed by atoms with Gasteiger partial charge in [0, 0.05) is 22.4 Å². The number of nitrogen functional groups attached to an aromatic ring is 1. The highest BCUT2D eigenvalue weighted by Gasteiger charge is 2.03. The monoisotopic (exact) mass is 273 g/mol. The molecule has 0 aliphatic carbocycles. The Hall–Kier alpha value is -1.61. The summed E-state index contributed by atoms with van der Waals surface area (Å²) < 4.78 is 5.15. The molecular weight excluding hydrogens is 254 g/mol. The molecule has 3 heteroatoms. The van der Waals surface area contributed by atoms with Crippen LogP contribution in [0, 0.1) is 13.8 Å². The van der Waals surface area contributed by atoms with E-state index < -0.39 is 0 Å². The Bertz CT molecular complexity index is 561. The summed E-state index contributed by atoms with van der Waals surface area (Å²) in [5, 5.41) is 0. The molecule has 0 fully saturated rings. The lowest BCUT2D eigenvalue weighted by Gasteiger charge is -2.08. The van der Waals surface area contributed by atoms with Gasteiger partial charge in [-0.05, 0) is 31.5 Å². The number of hydrogen-bond donors (Lipinski definition) is 1. The van der Waals surface area contributed by atoms with Gasteiger partial charge in [-0.2, -0.15) is 0 Å². The standard InChI is InChI=1S/C16H19NOS/c1-11-6-12(2)8-13(7-11)10-19-16-5-4-14(18-3)9-15(16)17/h4-9H,10,17H2,1-3H3. The number of anilines is 1. The molecule has 0 atom stereocenters. The lowest BCUT2D eigenvalue weighted by atomic mass is 10.1. The second-order valence-corrected chi connectivity index (χ2v) is 5.71. The van der Waals surface area contributed by atoms with Crippen molar-refractivity contribution in [3.8, 4) is 5.75 Å². The maximum Gasteiger partial charge on any atom is 0.120 e. The van der Waals surface area contributed by atoms with Crippen LogP contribution in [0.25, 0.3) is 0 Å². The molecule has 0 unspecified atom stereocenters. The summed E-state index contributed by atoms with van der Waals surface area (Å²) in [5.41, 5.74) is 10.7. The molecule has 0 saturated carbocycles. The van der Waals surface area contributed by atoms with E-state index in [4.69, 9.17) is 10.5 Å². The first-order valence-corrected chi connectivity index (χ1v) is 7.20. The summed E-state index contributed by atoms with van der Waals surface area (Å²) in [7, 11) is 1.65. The fourth-order valence-corrected chi connectivity index (χ4v) is 2.98. The van der Waals surface area contributed by atoms with Crippen molar-refractivity contribution in [3.63, 3.8) is 0 Å². The number of ether oxygens (including phenoxy) is 1. The second kappa shape index (κ2) is 6.02. The molecular formula is C16H19NOS. The minimum absolute atomic E-state index is 0.772. The molecule has 0 saturated heterocycles. The highest BCUT2D eigenvalue weighted by atomic mass is 32.2. The summed E-state index contributed by atoms with van der Waals surface area (Å²) in [6.07, 6.45) is 0. The lowest BCUT2D eigenvalue weighted by Crippen LogP contribution is -1.92. The van der Waals surface area contributed by atoms with E-state index in [0.29, 0.717) is 0 Å². The molecule has 0 aromatic heterocycles. The van der Waals surface area contributed by atoms with Crippen LogP contribution in [-0.2, 0) is 5.75 Å². The summed E-state index contributed by atoms with van der Waals surface area (Å²) in [4.78, 5) is 1.10.